The number of halogens is 3. The molecule has 10 heteroatoms. The van der Waals surface area contributed by atoms with Crippen LogP contribution in [-0.2, 0) is 17.5 Å². The predicted molar refractivity (Wildman–Crippen MR) is 100 cm³/mol. The Morgan fingerprint density at radius 3 is 2.38 bits per heavy atom. The number of amides is 1. The fraction of sp³-hybridized carbons (Fsp3) is 0.158. The summed E-state index contributed by atoms with van der Waals surface area (Å²) in [5.41, 5.74) is 0.687. The van der Waals surface area contributed by atoms with Gasteiger partial charge in [0.05, 0.1) is 7.11 Å². The predicted octanol–water partition coefficient (Wildman–Crippen LogP) is 4.35. The number of methoxy groups -OCH3 is 1. The third-order valence-electron chi connectivity index (χ3n) is 3.81. The van der Waals surface area contributed by atoms with Gasteiger partial charge in [-0.2, -0.15) is 13.2 Å². The average molecular weight is 403 g/mol. The van der Waals surface area contributed by atoms with Crippen molar-refractivity contribution in [2.75, 3.05) is 17.7 Å². The quantitative estimate of drug-likeness (QED) is 0.659. The number of carbonyl (C=O) groups excluding carboxylic acids is 1. The van der Waals surface area contributed by atoms with Crippen LogP contribution < -0.4 is 10.6 Å². The highest BCUT2D eigenvalue weighted by Gasteiger charge is 2.33. The highest BCUT2D eigenvalue weighted by atomic mass is 19.4. The van der Waals surface area contributed by atoms with Gasteiger partial charge in [0, 0.05) is 36.3 Å². The van der Waals surface area contributed by atoms with Gasteiger partial charge in [-0.3, -0.25) is 10.3 Å². The Hall–Kier alpha value is -3.69. The van der Waals surface area contributed by atoms with E-state index in [0.717, 1.165) is 11.6 Å². The van der Waals surface area contributed by atoms with Crippen molar-refractivity contribution in [3.63, 3.8) is 0 Å². The van der Waals surface area contributed by atoms with Crippen molar-refractivity contribution in [2.24, 2.45) is 0 Å². The first-order chi connectivity index (χ1) is 13.8. The van der Waals surface area contributed by atoms with Crippen LogP contribution in [0.4, 0.5) is 29.5 Å². The number of ether oxygens (including phenoxy) is 1. The Labute approximate surface area is 164 Å². The number of aromatic nitrogens is 3. The van der Waals surface area contributed by atoms with Crippen molar-refractivity contribution in [3.8, 4) is 11.4 Å². The van der Waals surface area contributed by atoms with Crippen molar-refractivity contribution < 1.29 is 22.7 Å². The van der Waals surface area contributed by atoms with Gasteiger partial charge in [-0.25, -0.2) is 14.8 Å². The van der Waals surface area contributed by atoms with E-state index in [2.05, 4.69) is 30.3 Å². The summed E-state index contributed by atoms with van der Waals surface area (Å²) in [6.07, 6.45) is -2.30. The molecule has 0 spiro atoms. The molecule has 150 valence electrons. The van der Waals surface area contributed by atoms with E-state index < -0.39 is 18.0 Å². The lowest BCUT2D eigenvalue weighted by molar-refractivity contribution is -0.141. The minimum absolute atomic E-state index is 0.0379. The highest BCUT2D eigenvalue weighted by molar-refractivity contribution is 5.84. The fourth-order valence-corrected chi connectivity index (χ4v) is 2.38. The monoisotopic (exact) mass is 403 g/mol. The molecule has 2 heterocycles. The van der Waals surface area contributed by atoms with Crippen molar-refractivity contribution in [1.29, 1.82) is 0 Å². The Kier molecular flexibility index (Phi) is 5.91. The summed E-state index contributed by atoms with van der Waals surface area (Å²) < 4.78 is 44.2. The molecule has 2 aromatic heterocycles. The molecule has 0 fully saturated rings. The van der Waals surface area contributed by atoms with Crippen molar-refractivity contribution in [2.45, 2.75) is 12.7 Å². The van der Waals surface area contributed by atoms with Gasteiger partial charge in [0.1, 0.15) is 5.82 Å². The van der Waals surface area contributed by atoms with Crippen LogP contribution in [-0.4, -0.2) is 28.2 Å². The number of rotatable bonds is 5. The van der Waals surface area contributed by atoms with E-state index >= 15 is 0 Å². The average Bonchev–Trinajstić information content (AvgIpc) is 2.73. The van der Waals surface area contributed by atoms with Gasteiger partial charge in [-0.1, -0.05) is 12.1 Å². The van der Waals surface area contributed by atoms with Gasteiger partial charge >= 0.3 is 12.3 Å². The lowest BCUT2D eigenvalue weighted by atomic mass is 10.2. The minimum Gasteiger partial charge on any atom is -0.453 e. The molecule has 3 aromatic rings. The summed E-state index contributed by atoms with van der Waals surface area (Å²) >= 11 is 0. The van der Waals surface area contributed by atoms with Crippen molar-refractivity contribution in [3.05, 3.63) is 66.1 Å². The maximum atomic E-state index is 13.2. The Morgan fingerprint density at radius 2 is 1.76 bits per heavy atom. The van der Waals surface area contributed by atoms with E-state index in [1.807, 2.05) is 0 Å². The van der Waals surface area contributed by atoms with Crippen LogP contribution in [0, 0.1) is 0 Å². The van der Waals surface area contributed by atoms with Crippen LogP contribution in [0.15, 0.2) is 54.9 Å². The van der Waals surface area contributed by atoms with E-state index in [-0.39, 0.29) is 18.2 Å². The maximum Gasteiger partial charge on any atom is 0.433 e. The Morgan fingerprint density at radius 1 is 1.07 bits per heavy atom. The molecule has 0 bridgehead atoms. The number of alkyl halides is 3. The van der Waals surface area contributed by atoms with E-state index in [1.54, 1.807) is 24.3 Å². The topological polar surface area (TPSA) is 89.0 Å². The third-order valence-corrected chi connectivity index (χ3v) is 3.81. The molecule has 0 aliphatic rings. The number of hydrogen-bond acceptors (Lipinski definition) is 6. The molecular formula is C19H16F3N5O2. The second-order valence-corrected chi connectivity index (χ2v) is 5.86. The summed E-state index contributed by atoms with van der Waals surface area (Å²) in [4.78, 5) is 22.8. The van der Waals surface area contributed by atoms with Gasteiger partial charge in [0.15, 0.2) is 11.5 Å². The van der Waals surface area contributed by atoms with Crippen molar-refractivity contribution >= 4 is 17.6 Å². The van der Waals surface area contributed by atoms with Gasteiger partial charge in [-0.05, 0) is 29.8 Å². The molecule has 0 unspecified atom stereocenters. The summed E-state index contributed by atoms with van der Waals surface area (Å²) in [5.74, 6) is -0.0155. The zero-order chi connectivity index (χ0) is 20.9. The lowest BCUT2D eigenvalue weighted by Gasteiger charge is -2.12. The first-order valence-corrected chi connectivity index (χ1v) is 8.39. The molecule has 1 amide bonds. The number of carbonyl (C=O) groups is 1. The van der Waals surface area contributed by atoms with E-state index in [9.17, 15) is 18.0 Å². The first-order valence-electron chi connectivity index (χ1n) is 8.39. The number of benzene rings is 1. The standard InChI is InChI=1S/C19H16F3N5O2/c1-29-18(28)25-14-4-2-12(3-5-14)11-24-16-10-15(19(20,21)22)26-17(27-16)13-6-8-23-9-7-13/h2-10H,11H2,1H3,(H,25,28)(H,24,26,27). The van der Waals surface area contributed by atoms with Crippen LogP contribution in [0.5, 0.6) is 0 Å². The molecule has 0 radical (unpaired) electrons. The van der Waals surface area contributed by atoms with Gasteiger partial charge < -0.3 is 10.1 Å². The number of pyridine rings is 1. The van der Waals surface area contributed by atoms with Gasteiger partial charge in [0.25, 0.3) is 0 Å². The molecule has 29 heavy (non-hydrogen) atoms. The van der Waals surface area contributed by atoms with Crippen LogP contribution >= 0.6 is 0 Å². The highest BCUT2D eigenvalue weighted by Crippen LogP contribution is 2.30. The molecule has 0 saturated carbocycles. The van der Waals surface area contributed by atoms with Crippen molar-refractivity contribution in [1.82, 2.24) is 15.0 Å². The van der Waals surface area contributed by atoms with E-state index in [4.69, 9.17) is 0 Å². The fourth-order valence-electron chi connectivity index (χ4n) is 2.38. The Balaban J connectivity index is 1.79. The number of hydrogen-bond donors (Lipinski definition) is 2. The zero-order valence-corrected chi connectivity index (χ0v) is 15.2. The van der Waals surface area contributed by atoms with Gasteiger partial charge in [-0.15, -0.1) is 0 Å². The normalized spacial score (nSPS) is 11.0. The zero-order valence-electron chi connectivity index (χ0n) is 15.2. The second-order valence-electron chi connectivity index (χ2n) is 5.86. The second kappa shape index (κ2) is 8.55. The van der Waals surface area contributed by atoms with Crippen LogP contribution in [0.2, 0.25) is 0 Å². The summed E-state index contributed by atoms with van der Waals surface area (Å²) in [6, 6.07) is 10.7. The van der Waals surface area contributed by atoms with E-state index in [1.165, 1.54) is 31.6 Å². The number of anilines is 2. The SMILES string of the molecule is COC(=O)Nc1ccc(CNc2cc(C(F)(F)F)nc(-c3ccncc3)n2)cc1. The molecular weight excluding hydrogens is 387 g/mol. The molecule has 1 aromatic carbocycles. The summed E-state index contributed by atoms with van der Waals surface area (Å²) in [7, 11) is 1.25. The molecule has 3 rings (SSSR count). The minimum atomic E-state index is -4.61. The van der Waals surface area contributed by atoms with Crippen LogP contribution in [0.1, 0.15) is 11.3 Å². The summed E-state index contributed by atoms with van der Waals surface area (Å²) in [6.45, 7) is 0.225. The maximum absolute atomic E-state index is 13.2. The summed E-state index contributed by atoms with van der Waals surface area (Å²) in [5, 5.41) is 5.39. The van der Waals surface area contributed by atoms with Crippen LogP contribution in [0.3, 0.4) is 0 Å². The number of nitrogens with one attached hydrogen (secondary N) is 2. The van der Waals surface area contributed by atoms with Crippen LogP contribution in [0.25, 0.3) is 11.4 Å². The van der Waals surface area contributed by atoms with Gasteiger partial charge in [0.2, 0.25) is 0 Å². The smallest absolute Gasteiger partial charge is 0.433 e. The molecule has 0 atom stereocenters. The largest absolute Gasteiger partial charge is 0.453 e. The molecule has 0 aliphatic carbocycles. The third kappa shape index (κ3) is 5.41. The molecule has 0 aliphatic heterocycles. The molecule has 2 N–H and O–H groups in total. The van der Waals surface area contributed by atoms with E-state index in [0.29, 0.717) is 11.3 Å². The molecule has 7 nitrogen and oxygen atoms in total. The first kappa shape index (κ1) is 20.1. The molecule has 0 saturated heterocycles. The lowest BCUT2D eigenvalue weighted by Crippen LogP contribution is -2.12. The Bertz CT molecular complexity index is 979. The number of nitrogens with zero attached hydrogens (tertiary/aromatic N) is 3.